The number of fused-ring (bicyclic) bond motifs is 1. The van der Waals surface area contributed by atoms with Gasteiger partial charge in [-0.15, -0.1) is 0 Å². The third-order valence-corrected chi connectivity index (χ3v) is 7.25. The number of carbonyl (C=O) groups is 1. The first-order chi connectivity index (χ1) is 15.4. The molecule has 3 aromatic carbocycles. The van der Waals surface area contributed by atoms with Crippen LogP contribution in [-0.2, 0) is 21.4 Å². The van der Waals surface area contributed by atoms with E-state index in [1.807, 2.05) is 6.07 Å². The zero-order valence-electron chi connectivity index (χ0n) is 17.2. The summed E-state index contributed by atoms with van der Waals surface area (Å²) in [7, 11) is -2.44. The molecule has 1 atom stereocenters. The normalized spacial score (nSPS) is 15.4. The van der Waals surface area contributed by atoms with Gasteiger partial charge in [-0.3, -0.25) is 9.10 Å². The van der Waals surface area contributed by atoms with Gasteiger partial charge in [-0.2, -0.15) is 0 Å². The third kappa shape index (κ3) is 4.37. The van der Waals surface area contributed by atoms with Gasteiger partial charge in [0.1, 0.15) is 11.5 Å². The molecule has 0 aliphatic carbocycles. The molecule has 0 radical (unpaired) electrons. The Balaban J connectivity index is 1.60. The van der Waals surface area contributed by atoms with Crippen LogP contribution in [0.1, 0.15) is 5.56 Å². The molecule has 1 aliphatic rings. The first kappa shape index (κ1) is 22.0. The van der Waals surface area contributed by atoms with Gasteiger partial charge >= 0.3 is 0 Å². The van der Waals surface area contributed by atoms with E-state index < -0.39 is 22.0 Å². The molecule has 0 unspecified atom stereocenters. The summed E-state index contributed by atoms with van der Waals surface area (Å²) in [5.41, 5.74) is 1.12. The highest BCUT2D eigenvalue weighted by Crippen LogP contribution is 2.37. The Morgan fingerprint density at radius 2 is 1.78 bits per heavy atom. The van der Waals surface area contributed by atoms with Crippen LogP contribution in [0.25, 0.3) is 0 Å². The number of methoxy groups -OCH3 is 1. The summed E-state index contributed by atoms with van der Waals surface area (Å²) in [4.78, 5) is 13.0. The second kappa shape index (κ2) is 9.10. The summed E-state index contributed by atoms with van der Waals surface area (Å²) in [6.07, 6.45) is -1.03. The Bertz CT molecular complexity index is 1230. The molecule has 1 amide bonds. The molecule has 4 rings (SSSR count). The molecule has 0 bridgehead atoms. The lowest BCUT2D eigenvalue weighted by Gasteiger charge is -2.34. The van der Waals surface area contributed by atoms with E-state index in [2.05, 4.69) is 5.32 Å². The van der Waals surface area contributed by atoms with Gasteiger partial charge < -0.3 is 14.8 Å². The van der Waals surface area contributed by atoms with Gasteiger partial charge in [0.15, 0.2) is 6.10 Å². The predicted molar refractivity (Wildman–Crippen MR) is 122 cm³/mol. The van der Waals surface area contributed by atoms with Crippen molar-refractivity contribution < 1.29 is 22.7 Å². The Hall–Kier alpha value is -3.23. The largest absolute Gasteiger partial charge is 0.497 e. The lowest BCUT2D eigenvalue weighted by Crippen LogP contribution is -2.50. The monoisotopic (exact) mass is 472 g/mol. The minimum Gasteiger partial charge on any atom is -0.497 e. The highest BCUT2D eigenvalue weighted by molar-refractivity contribution is 7.92. The lowest BCUT2D eigenvalue weighted by molar-refractivity contribution is -0.127. The van der Waals surface area contributed by atoms with E-state index in [-0.39, 0.29) is 18.0 Å². The number of nitrogens with one attached hydrogen (secondary N) is 1. The number of hydrogen-bond donors (Lipinski definition) is 1. The van der Waals surface area contributed by atoms with Crippen molar-refractivity contribution in [3.8, 4) is 11.5 Å². The van der Waals surface area contributed by atoms with Crippen LogP contribution in [0.5, 0.6) is 11.5 Å². The number of para-hydroxylation sites is 2. The summed E-state index contributed by atoms with van der Waals surface area (Å²) >= 11 is 6.15. The standard InChI is InChI=1S/C23H21ClN2O5S/c1-30-17-10-12-18(13-11-17)32(28,29)26-15-22(31-21-9-5-4-8-20(21)26)23(27)25-14-16-6-2-3-7-19(16)24/h2-13,22H,14-15H2,1H3,(H,25,27)/t22-/m1/s1. The van der Waals surface area contributed by atoms with Gasteiger partial charge in [0, 0.05) is 11.6 Å². The molecule has 0 fully saturated rings. The predicted octanol–water partition coefficient (Wildman–Crippen LogP) is 3.62. The molecule has 1 aliphatic heterocycles. The molecule has 0 spiro atoms. The molecule has 3 aromatic rings. The Morgan fingerprint density at radius 3 is 2.50 bits per heavy atom. The van der Waals surface area contributed by atoms with E-state index >= 15 is 0 Å². The van der Waals surface area contributed by atoms with E-state index in [0.717, 1.165) is 5.56 Å². The molecule has 0 saturated carbocycles. The van der Waals surface area contributed by atoms with Crippen LogP contribution >= 0.6 is 11.6 Å². The number of amides is 1. The van der Waals surface area contributed by atoms with Crippen LogP contribution in [0, 0.1) is 0 Å². The van der Waals surface area contributed by atoms with E-state index in [4.69, 9.17) is 21.1 Å². The van der Waals surface area contributed by atoms with Crippen LogP contribution in [0.4, 0.5) is 5.69 Å². The fourth-order valence-electron chi connectivity index (χ4n) is 3.38. The maximum Gasteiger partial charge on any atom is 0.264 e. The smallest absolute Gasteiger partial charge is 0.264 e. The van der Waals surface area contributed by atoms with Crippen molar-refractivity contribution in [2.75, 3.05) is 18.0 Å². The average Bonchev–Trinajstić information content (AvgIpc) is 2.82. The van der Waals surface area contributed by atoms with Gasteiger partial charge in [-0.05, 0) is 48.0 Å². The number of nitrogens with zero attached hydrogens (tertiary/aromatic N) is 1. The van der Waals surface area contributed by atoms with Crippen molar-refractivity contribution in [1.29, 1.82) is 0 Å². The van der Waals surface area contributed by atoms with Crippen LogP contribution in [-0.4, -0.2) is 34.1 Å². The van der Waals surface area contributed by atoms with Crippen molar-refractivity contribution >= 4 is 33.2 Å². The highest BCUT2D eigenvalue weighted by atomic mass is 35.5. The third-order valence-electron chi connectivity index (χ3n) is 5.09. The van der Waals surface area contributed by atoms with Gasteiger partial charge in [0.2, 0.25) is 0 Å². The molecular formula is C23H21ClN2O5S. The number of halogens is 1. The second-order valence-corrected chi connectivity index (χ2v) is 9.36. The van der Waals surface area contributed by atoms with Crippen molar-refractivity contribution in [3.63, 3.8) is 0 Å². The topological polar surface area (TPSA) is 84.9 Å². The number of ether oxygens (including phenoxy) is 2. The number of rotatable bonds is 6. The Kier molecular flexibility index (Phi) is 6.25. The molecule has 1 N–H and O–H groups in total. The first-order valence-electron chi connectivity index (χ1n) is 9.84. The molecule has 7 nitrogen and oxygen atoms in total. The zero-order valence-corrected chi connectivity index (χ0v) is 18.8. The Labute approximate surface area is 191 Å². The van der Waals surface area contributed by atoms with Crippen LogP contribution in [0.2, 0.25) is 5.02 Å². The fraction of sp³-hybridized carbons (Fsp3) is 0.174. The summed E-state index contributed by atoms with van der Waals surface area (Å²) in [6.45, 7) is 0.0327. The van der Waals surface area contributed by atoms with Crippen molar-refractivity contribution in [2.45, 2.75) is 17.5 Å². The molecule has 0 saturated heterocycles. The van der Waals surface area contributed by atoms with Crippen LogP contribution < -0.4 is 19.1 Å². The number of anilines is 1. The SMILES string of the molecule is COc1ccc(S(=O)(=O)N2C[C@H](C(=O)NCc3ccccc3Cl)Oc3ccccc32)cc1. The molecule has 0 aromatic heterocycles. The maximum atomic E-state index is 13.4. The minimum absolute atomic E-state index is 0.0882. The van der Waals surface area contributed by atoms with Crippen LogP contribution in [0.15, 0.2) is 77.7 Å². The number of benzene rings is 3. The zero-order chi connectivity index (χ0) is 22.7. The molecule has 9 heteroatoms. The first-order valence-corrected chi connectivity index (χ1v) is 11.7. The quantitative estimate of drug-likeness (QED) is 0.592. The van der Waals surface area contributed by atoms with Gasteiger partial charge in [0.05, 0.1) is 24.2 Å². The van der Waals surface area contributed by atoms with E-state index in [1.54, 1.807) is 54.6 Å². The van der Waals surface area contributed by atoms with E-state index in [1.165, 1.54) is 23.5 Å². The summed E-state index contributed by atoms with van der Waals surface area (Å²) in [5, 5.41) is 3.31. The molecule has 1 heterocycles. The number of carbonyl (C=O) groups excluding carboxylic acids is 1. The average molecular weight is 473 g/mol. The van der Waals surface area contributed by atoms with Crippen molar-refractivity contribution in [3.05, 3.63) is 83.4 Å². The Morgan fingerprint density at radius 1 is 1.09 bits per heavy atom. The van der Waals surface area contributed by atoms with Crippen molar-refractivity contribution in [2.24, 2.45) is 0 Å². The minimum atomic E-state index is -3.94. The van der Waals surface area contributed by atoms with Gasteiger partial charge in [-0.1, -0.05) is 41.9 Å². The van der Waals surface area contributed by atoms with Gasteiger partial charge in [0.25, 0.3) is 15.9 Å². The van der Waals surface area contributed by atoms with Crippen LogP contribution in [0.3, 0.4) is 0 Å². The summed E-state index contributed by atoms with van der Waals surface area (Å²) < 4.78 is 39.0. The maximum absolute atomic E-state index is 13.4. The molecule has 32 heavy (non-hydrogen) atoms. The van der Waals surface area contributed by atoms with Gasteiger partial charge in [-0.25, -0.2) is 8.42 Å². The van der Waals surface area contributed by atoms with E-state index in [0.29, 0.717) is 22.2 Å². The lowest BCUT2D eigenvalue weighted by atomic mass is 10.2. The summed E-state index contributed by atoms with van der Waals surface area (Å²) in [5.74, 6) is 0.422. The fourth-order valence-corrected chi connectivity index (χ4v) is 5.06. The second-order valence-electron chi connectivity index (χ2n) is 7.10. The summed E-state index contributed by atoms with van der Waals surface area (Å²) in [6, 6.07) is 20.0. The number of hydrogen-bond acceptors (Lipinski definition) is 5. The number of sulfonamides is 1. The molecule has 166 valence electrons. The molecular weight excluding hydrogens is 452 g/mol. The van der Waals surface area contributed by atoms with E-state index in [9.17, 15) is 13.2 Å². The highest BCUT2D eigenvalue weighted by Gasteiger charge is 2.37. The van der Waals surface area contributed by atoms with Crippen molar-refractivity contribution in [1.82, 2.24) is 5.32 Å².